The van der Waals surface area contributed by atoms with Crippen molar-refractivity contribution in [3.8, 4) is 0 Å². The normalized spacial score (nSPS) is 13.1. The molecule has 0 rings (SSSR count). The lowest BCUT2D eigenvalue weighted by atomic mass is 10.0. The minimum absolute atomic E-state index is 0.0422. The molecule has 1 amide bonds. The molecule has 0 fully saturated rings. The molecular formula is C39H77NO3. The SMILES string of the molecule is CCC/C=C\CCCCCCCC(=O)NC(CO)C(O)CCCCCCCCCCCCCCCCCCCCCCC. The predicted molar refractivity (Wildman–Crippen MR) is 189 cm³/mol. The molecule has 0 aliphatic rings. The van der Waals surface area contributed by atoms with Crippen LogP contribution in [0.3, 0.4) is 0 Å². The second kappa shape index (κ2) is 35.6. The van der Waals surface area contributed by atoms with E-state index < -0.39 is 12.1 Å². The third-order valence-electron chi connectivity index (χ3n) is 9.01. The molecule has 256 valence electrons. The minimum atomic E-state index is -0.657. The zero-order valence-corrected chi connectivity index (χ0v) is 29.2. The molecule has 4 nitrogen and oxygen atoms in total. The summed E-state index contributed by atoms with van der Waals surface area (Å²) in [4.78, 5) is 12.3. The van der Waals surface area contributed by atoms with Gasteiger partial charge in [-0.05, 0) is 32.1 Å². The molecule has 0 aliphatic heterocycles. The van der Waals surface area contributed by atoms with E-state index in [9.17, 15) is 15.0 Å². The van der Waals surface area contributed by atoms with E-state index in [1.54, 1.807) is 0 Å². The number of aliphatic hydroxyl groups is 2. The van der Waals surface area contributed by atoms with Crippen LogP contribution in [0, 0.1) is 0 Å². The van der Waals surface area contributed by atoms with Gasteiger partial charge in [-0.1, -0.05) is 187 Å². The molecule has 0 radical (unpaired) electrons. The highest BCUT2D eigenvalue weighted by Crippen LogP contribution is 2.16. The Morgan fingerprint density at radius 1 is 0.535 bits per heavy atom. The highest BCUT2D eigenvalue weighted by molar-refractivity contribution is 5.76. The maximum absolute atomic E-state index is 12.3. The Kier molecular flexibility index (Phi) is 34.9. The smallest absolute Gasteiger partial charge is 0.220 e. The van der Waals surface area contributed by atoms with Crippen LogP contribution in [0.25, 0.3) is 0 Å². The second-order valence-corrected chi connectivity index (χ2v) is 13.4. The van der Waals surface area contributed by atoms with Crippen LogP contribution in [0.5, 0.6) is 0 Å². The van der Waals surface area contributed by atoms with Crippen LogP contribution in [-0.4, -0.2) is 34.9 Å². The lowest BCUT2D eigenvalue weighted by Crippen LogP contribution is -2.45. The van der Waals surface area contributed by atoms with E-state index in [1.165, 1.54) is 154 Å². The molecule has 0 bridgehead atoms. The average molecular weight is 608 g/mol. The molecule has 0 aliphatic carbocycles. The van der Waals surface area contributed by atoms with E-state index in [0.717, 1.165) is 32.1 Å². The number of unbranched alkanes of at least 4 members (excludes halogenated alkanes) is 26. The van der Waals surface area contributed by atoms with Crippen LogP contribution in [-0.2, 0) is 4.79 Å². The van der Waals surface area contributed by atoms with Crippen molar-refractivity contribution in [3.63, 3.8) is 0 Å². The van der Waals surface area contributed by atoms with Gasteiger partial charge >= 0.3 is 0 Å². The monoisotopic (exact) mass is 608 g/mol. The van der Waals surface area contributed by atoms with Crippen LogP contribution in [0.4, 0.5) is 0 Å². The summed E-state index contributed by atoms with van der Waals surface area (Å²) in [6, 6.07) is -0.535. The third kappa shape index (κ3) is 32.3. The molecule has 2 unspecified atom stereocenters. The molecule has 0 heterocycles. The van der Waals surface area contributed by atoms with Gasteiger partial charge in [-0.15, -0.1) is 0 Å². The number of aliphatic hydroxyl groups excluding tert-OH is 2. The highest BCUT2D eigenvalue weighted by atomic mass is 16.3. The number of hydrogen-bond acceptors (Lipinski definition) is 3. The van der Waals surface area contributed by atoms with Crippen molar-refractivity contribution in [2.45, 2.75) is 225 Å². The maximum atomic E-state index is 12.3. The summed E-state index contributed by atoms with van der Waals surface area (Å²) in [6.45, 7) is 4.30. The summed E-state index contributed by atoms with van der Waals surface area (Å²) in [6.07, 6.45) is 42.8. The van der Waals surface area contributed by atoms with Gasteiger partial charge in [-0.3, -0.25) is 4.79 Å². The van der Waals surface area contributed by atoms with E-state index >= 15 is 0 Å². The molecule has 2 atom stereocenters. The summed E-state index contributed by atoms with van der Waals surface area (Å²) >= 11 is 0. The number of hydrogen-bond donors (Lipinski definition) is 3. The largest absolute Gasteiger partial charge is 0.394 e. The van der Waals surface area contributed by atoms with E-state index in [4.69, 9.17) is 0 Å². The third-order valence-corrected chi connectivity index (χ3v) is 9.01. The summed E-state index contributed by atoms with van der Waals surface area (Å²) in [7, 11) is 0. The number of nitrogens with one attached hydrogen (secondary N) is 1. The average Bonchev–Trinajstić information content (AvgIpc) is 3.01. The fourth-order valence-corrected chi connectivity index (χ4v) is 6.01. The number of carbonyl (C=O) groups excluding carboxylic acids is 1. The van der Waals surface area contributed by atoms with Gasteiger partial charge in [-0.25, -0.2) is 0 Å². The van der Waals surface area contributed by atoms with Gasteiger partial charge in [0.25, 0.3) is 0 Å². The molecule has 0 aromatic carbocycles. The lowest BCUT2D eigenvalue weighted by Gasteiger charge is -2.22. The lowest BCUT2D eigenvalue weighted by molar-refractivity contribution is -0.123. The van der Waals surface area contributed by atoms with Crippen LogP contribution in [0.1, 0.15) is 213 Å². The predicted octanol–water partition coefficient (Wildman–Crippen LogP) is 11.5. The zero-order valence-electron chi connectivity index (χ0n) is 29.2. The number of carbonyl (C=O) groups is 1. The summed E-state index contributed by atoms with van der Waals surface area (Å²) < 4.78 is 0. The van der Waals surface area contributed by atoms with Gasteiger partial charge in [0.1, 0.15) is 0 Å². The Labute approximate surface area is 269 Å². The quantitative estimate of drug-likeness (QED) is 0.0496. The fourth-order valence-electron chi connectivity index (χ4n) is 6.01. The Balaban J connectivity index is 3.47. The summed E-state index contributed by atoms with van der Waals surface area (Å²) in [5.74, 6) is -0.0422. The van der Waals surface area contributed by atoms with Gasteiger partial charge < -0.3 is 15.5 Å². The standard InChI is InChI=1S/C39H77NO3/c1-3-5-7-9-11-13-15-16-17-18-19-20-21-22-23-24-25-26-28-30-32-34-38(42)37(36-41)40-39(43)35-33-31-29-27-14-12-10-8-6-4-2/h8,10,37-38,41-42H,3-7,9,11-36H2,1-2H3,(H,40,43)/b10-8-. The fraction of sp³-hybridized carbons (Fsp3) is 0.923. The molecule has 0 aromatic rings. The molecule has 0 saturated carbocycles. The zero-order chi connectivity index (χ0) is 31.5. The molecule has 0 aromatic heterocycles. The number of amides is 1. The summed E-state index contributed by atoms with van der Waals surface area (Å²) in [5.41, 5.74) is 0. The second-order valence-electron chi connectivity index (χ2n) is 13.4. The van der Waals surface area contributed by atoms with Crippen LogP contribution in [0.15, 0.2) is 12.2 Å². The first-order valence-electron chi connectivity index (χ1n) is 19.4. The summed E-state index contributed by atoms with van der Waals surface area (Å²) in [5, 5.41) is 23.0. The van der Waals surface area contributed by atoms with E-state index in [0.29, 0.717) is 12.8 Å². The van der Waals surface area contributed by atoms with Crippen molar-refractivity contribution >= 4 is 5.91 Å². The Hall–Kier alpha value is -0.870. The van der Waals surface area contributed by atoms with Gasteiger partial charge in [0, 0.05) is 6.42 Å². The van der Waals surface area contributed by atoms with Gasteiger partial charge in [0.05, 0.1) is 18.8 Å². The van der Waals surface area contributed by atoms with Crippen molar-refractivity contribution < 1.29 is 15.0 Å². The van der Waals surface area contributed by atoms with Crippen molar-refractivity contribution in [2.24, 2.45) is 0 Å². The first-order chi connectivity index (χ1) is 21.2. The Bertz CT molecular complexity index is 579. The van der Waals surface area contributed by atoms with Crippen molar-refractivity contribution in [3.05, 3.63) is 12.2 Å². The van der Waals surface area contributed by atoms with E-state index in [-0.39, 0.29) is 12.5 Å². The first kappa shape index (κ1) is 42.1. The van der Waals surface area contributed by atoms with Gasteiger partial charge in [0.2, 0.25) is 5.91 Å². The van der Waals surface area contributed by atoms with Crippen molar-refractivity contribution in [1.29, 1.82) is 0 Å². The highest BCUT2D eigenvalue weighted by Gasteiger charge is 2.19. The molecule has 0 spiro atoms. The first-order valence-corrected chi connectivity index (χ1v) is 19.4. The molecule has 0 saturated heterocycles. The molecule has 3 N–H and O–H groups in total. The van der Waals surface area contributed by atoms with Crippen molar-refractivity contribution in [1.82, 2.24) is 5.32 Å². The van der Waals surface area contributed by atoms with Gasteiger partial charge in [-0.2, -0.15) is 0 Å². The molecule has 43 heavy (non-hydrogen) atoms. The number of allylic oxidation sites excluding steroid dienone is 2. The van der Waals surface area contributed by atoms with Crippen LogP contribution < -0.4 is 5.32 Å². The van der Waals surface area contributed by atoms with Crippen molar-refractivity contribution in [2.75, 3.05) is 6.61 Å². The maximum Gasteiger partial charge on any atom is 0.220 e. The molecule has 4 heteroatoms. The van der Waals surface area contributed by atoms with Crippen LogP contribution in [0.2, 0.25) is 0 Å². The van der Waals surface area contributed by atoms with E-state index in [2.05, 4.69) is 31.3 Å². The molecular weight excluding hydrogens is 530 g/mol. The Morgan fingerprint density at radius 3 is 1.37 bits per heavy atom. The van der Waals surface area contributed by atoms with Gasteiger partial charge in [0.15, 0.2) is 0 Å². The minimum Gasteiger partial charge on any atom is -0.394 e. The van der Waals surface area contributed by atoms with Crippen LogP contribution >= 0.6 is 0 Å². The van der Waals surface area contributed by atoms with E-state index in [1.807, 2.05) is 0 Å². The topological polar surface area (TPSA) is 69.6 Å². The Morgan fingerprint density at radius 2 is 0.930 bits per heavy atom. The number of rotatable bonds is 35.